The van der Waals surface area contributed by atoms with Gasteiger partial charge in [0.1, 0.15) is 0 Å². The summed E-state index contributed by atoms with van der Waals surface area (Å²) in [5.41, 5.74) is 1.73. The maximum absolute atomic E-state index is 13.2. The highest BCUT2D eigenvalue weighted by Gasteiger charge is 2.53. The van der Waals surface area contributed by atoms with Gasteiger partial charge in [0, 0.05) is 6.42 Å². The van der Waals surface area contributed by atoms with Crippen LogP contribution in [0.3, 0.4) is 0 Å². The fourth-order valence-corrected chi connectivity index (χ4v) is 8.12. The Labute approximate surface area is 262 Å². The zero-order valence-corrected chi connectivity index (χ0v) is 31.9. The van der Waals surface area contributed by atoms with E-state index in [0.717, 1.165) is 19.3 Å². The van der Waals surface area contributed by atoms with Crippen molar-refractivity contribution < 1.29 is 13.6 Å². The molecule has 1 saturated carbocycles. The number of halogens is 1. The van der Waals surface area contributed by atoms with E-state index in [1.54, 1.807) is 0 Å². The molecule has 6 heteroatoms. The van der Waals surface area contributed by atoms with Gasteiger partial charge in [-0.3, -0.25) is 4.79 Å². The van der Waals surface area contributed by atoms with E-state index >= 15 is 0 Å². The van der Waals surface area contributed by atoms with Gasteiger partial charge < -0.3 is 8.85 Å². The standard InChI is InChI=1S/C35H65ClO3Si2/c1-15-16-25-34(9,10)26-20-21-29-24-23-28(2)30(29)22-18-17-19-27-35(31(36)37,38-40(11,12)32(3,4)5)39-41(13,14)33(6,7)8/h17-18,20-21,29-30H,2,15-16,19,22-27H2,1,3-14H3/b18-17-,21-20+/t29-,30-/m0/s1. The van der Waals surface area contributed by atoms with Gasteiger partial charge in [0.05, 0.1) is 0 Å². The number of hydrogen-bond acceptors (Lipinski definition) is 3. The summed E-state index contributed by atoms with van der Waals surface area (Å²) in [5.74, 6) is -0.390. The van der Waals surface area contributed by atoms with Crippen LogP contribution >= 0.6 is 11.6 Å². The molecular weight excluding hydrogens is 560 g/mol. The minimum Gasteiger partial charge on any atom is -0.384 e. The lowest BCUT2D eigenvalue weighted by Gasteiger charge is -2.48. The van der Waals surface area contributed by atoms with Crippen molar-refractivity contribution in [2.75, 3.05) is 0 Å². The third-order valence-corrected chi connectivity index (χ3v) is 19.2. The third kappa shape index (κ3) is 11.5. The first-order chi connectivity index (χ1) is 18.5. The number of carbonyl (C=O) groups is 1. The second-order valence-electron chi connectivity index (χ2n) is 16.4. The van der Waals surface area contributed by atoms with Gasteiger partial charge in [-0.1, -0.05) is 112 Å². The Balaban J connectivity index is 3.04. The van der Waals surface area contributed by atoms with Gasteiger partial charge in [-0.15, -0.1) is 0 Å². The number of allylic oxidation sites excluding steroid dienone is 5. The van der Waals surface area contributed by atoms with Crippen LogP contribution in [0.1, 0.15) is 120 Å². The monoisotopic (exact) mass is 624 g/mol. The average molecular weight is 626 g/mol. The van der Waals surface area contributed by atoms with E-state index in [9.17, 15) is 4.79 Å². The molecule has 2 atom stereocenters. The van der Waals surface area contributed by atoms with E-state index in [-0.39, 0.29) is 10.1 Å². The predicted molar refractivity (Wildman–Crippen MR) is 186 cm³/mol. The fourth-order valence-electron chi connectivity index (χ4n) is 5.00. The first-order valence-electron chi connectivity index (χ1n) is 16.1. The minimum atomic E-state index is -2.36. The van der Waals surface area contributed by atoms with Gasteiger partial charge in [0.15, 0.2) is 16.6 Å². The Bertz CT molecular complexity index is 891. The number of rotatable bonds is 16. The Kier molecular flexibility index (Phi) is 14.1. The number of hydrogen-bond donors (Lipinski definition) is 0. The van der Waals surface area contributed by atoms with E-state index < -0.39 is 27.7 Å². The van der Waals surface area contributed by atoms with Crippen molar-refractivity contribution in [3.8, 4) is 0 Å². The molecule has 1 fully saturated rings. The molecule has 0 aromatic rings. The van der Waals surface area contributed by atoms with Crippen LogP contribution in [0.2, 0.25) is 36.3 Å². The van der Waals surface area contributed by atoms with E-state index in [4.69, 9.17) is 20.5 Å². The Hall–Kier alpha value is -0.466. The van der Waals surface area contributed by atoms with Gasteiger partial charge in [0.25, 0.3) is 5.24 Å². The summed E-state index contributed by atoms with van der Waals surface area (Å²) in [4.78, 5) is 13.2. The van der Waals surface area contributed by atoms with Crippen molar-refractivity contribution in [3.05, 3.63) is 36.5 Å². The third-order valence-electron chi connectivity index (χ3n) is 10.0. The van der Waals surface area contributed by atoms with Crippen LogP contribution in [0.5, 0.6) is 0 Å². The van der Waals surface area contributed by atoms with Crippen LogP contribution in [0.15, 0.2) is 36.5 Å². The lowest BCUT2D eigenvalue weighted by molar-refractivity contribution is -0.163. The summed E-state index contributed by atoms with van der Waals surface area (Å²) < 4.78 is 13.6. The van der Waals surface area contributed by atoms with Crippen molar-refractivity contribution in [2.24, 2.45) is 17.3 Å². The Morgan fingerprint density at radius 1 is 0.927 bits per heavy atom. The summed E-state index contributed by atoms with van der Waals surface area (Å²) in [7, 11) is -4.71. The molecule has 0 heterocycles. The highest BCUT2D eigenvalue weighted by molar-refractivity contribution is 6.77. The molecule has 0 radical (unpaired) electrons. The lowest BCUT2D eigenvalue weighted by Crippen LogP contribution is -2.59. The number of unbranched alkanes of at least 4 members (excludes halogenated alkanes) is 1. The van der Waals surface area contributed by atoms with Crippen LogP contribution in [0.4, 0.5) is 0 Å². The SMILES string of the molecule is C=C1CC[C@H](/C=C/CC(C)(C)CCCC)[C@H]1C/C=C\CCC(O[Si](C)(C)C(C)(C)C)(O[Si](C)(C)C(C)(C)C)C(=O)Cl. The molecule has 1 aliphatic rings. The van der Waals surface area contributed by atoms with E-state index in [2.05, 4.69) is 119 Å². The van der Waals surface area contributed by atoms with Crippen molar-refractivity contribution in [1.82, 2.24) is 0 Å². The molecule has 0 bridgehead atoms. The van der Waals surface area contributed by atoms with Gasteiger partial charge in [-0.2, -0.15) is 0 Å². The first kappa shape index (κ1) is 38.6. The summed E-state index contributed by atoms with van der Waals surface area (Å²) >= 11 is 6.39. The van der Waals surface area contributed by atoms with Crippen molar-refractivity contribution in [2.45, 2.75) is 162 Å². The maximum atomic E-state index is 13.2. The number of carbonyl (C=O) groups excluding carboxylic acids is 1. The smallest absolute Gasteiger partial charge is 0.279 e. The van der Waals surface area contributed by atoms with Gasteiger partial charge in [-0.25, -0.2) is 0 Å². The van der Waals surface area contributed by atoms with Crippen LogP contribution < -0.4 is 0 Å². The molecule has 0 saturated heterocycles. The maximum Gasteiger partial charge on any atom is 0.279 e. The average Bonchev–Trinajstić information content (AvgIpc) is 3.14. The molecule has 0 aromatic carbocycles. The summed E-state index contributed by atoms with van der Waals surface area (Å²) in [6, 6.07) is 0. The lowest BCUT2D eigenvalue weighted by atomic mass is 9.83. The van der Waals surface area contributed by atoms with Crippen LogP contribution in [0.25, 0.3) is 0 Å². The second-order valence-corrected chi connectivity index (χ2v) is 26.2. The van der Waals surface area contributed by atoms with Crippen molar-refractivity contribution >= 4 is 33.5 Å². The molecule has 3 nitrogen and oxygen atoms in total. The molecule has 0 amide bonds. The van der Waals surface area contributed by atoms with Gasteiger partial charge in [0.2, 0.25) is 5.79 Å². The van der Waals surface area contributed by atoms with Crippen LogP contribution in [0, 0.1) is 17.3 Å². The highest BCUT2D eigenvalue weighted by atomic mass is 35.5. The molecule has 0 spiro atoms. The van der Waals surface area contributed by atoms with E-state index in [1.165, 1.54) is 31.3 Å². The topological polar surface area (TPSA) is 35.5 Å². The Morgan fingerprint density at radius 3 is 1.93 bits per heavy atom. The summed E-state index contributed by atoms with van der Waals surface area (Å²) in [6.07, 6.45) is 18.7. The van der Waals surface area contributed by atoms with E-state index in [0.29, 0.717) is 30.1 Å². The highest BCUT2D eigenvalue weighted by Crippen LogP contribution is 2.46. The second kappa shape index (κ2) is 15.0. The van der Waals surface area contributed by atoms with Crippen LogP contribution in [-0.4, -0.2) is 27.7 Å². The zero-order valence-electron chi connectivity index (χ0n) is 29.1. The minimum absolute atomic E-state index is 0.0756. The molecule has 0 N–H and O–H groups in total. The Morgan fingerprint density at radius 2 is 1.46 bits per heavy atom. The predicted octanol–water partition coefficient (Wildman–Crippen LogP) is 12.0. The molecule has 41 heavy (non-hydrogen) atoms. The molecule has 238 valence electrons. The molecule has 0 aromatic heterocycles. The molecule has 0 unspecified atom stereocenters. The van der Waals surface area contributed by atoms with Crippen molar-refractivity contribution in [3.63, 3.8) is 0 Å². The quantitative estimate of drug-likeness (QED) is 0.0741. The summed E-state index contributed by atoms with van der Waals surface area (Å²) in [6.45, 7) is 33.2. The van der Waals surface area contributed by atoms with E-state index in [1.807, 2.05) is 0 Å². The summed E-state index contributed by atoms with van der Waals surface area (Å²) in [5, 5.41) is -0.682. The molecule has 0 aliphatic heterocycles. The van der Waals surface area contributed by atoms with Gasteiger partial charge in [-0.05, 0) is 104 Å². The van der Waals surface area contributed by atoms with Crippen LogP contribution in [-0.2, 0) is 13.6 Å². The van der Waals surface area contributed by atoms with Crippen molar-refractivity contribution in [1.29, 1.82) is 0 Å². The molecule has 1 rings (SSSR count). The molecular formula is C35H65ClO3Si2. The zero-order chi connectivity index (χ0) is 31.9. The normalized spacial score (nSPS) is 20.1. The largest absolute Gasteiger partial charge is 0.384 e. The van der Waals surface area contributed by atoms with Gasteiger partial charge >= 0.3 is 0 Å². The fraction of sp³-hybridized carbons (Fsp3) is 0.800. The molecule has 1 aliphatic carbocycles. The first-order valence-corrected chi connectivity index (χ1v) is 22.3.